The summed E-state index contributed by atoms with van der Waals surface area (Å²) in [6.45, 7) is 2.54. The minimum atomic E-state index is 0.568. The maximum atomic E-state index is 6.21. The molecule has 0 aliphatic rings. The van der Waals surface area contributed by atoms with Crippen LogP contribution in [0.5, 0.6) is 11.5 Å². The number of thioether (sulfide) groups is 1. The van der Waals surface area contributed by atoms with Gasteiger partial charge in [-0.1, -0.05) is 29.4 Å². The lowest BCUT2D eigenvalue weighted by molar-refractivity contribution is 0.342. The third kappa shape index (κ3) is 4.46. The molecule has 0 amide bonds. The highest BCUT2D eigenvalue weighted by atomic mass is 35.5. The van der Waals surface area contributed by atoms with Gasteiger partial charge in [-0.3, -0.25) is 4.57 Å². The Bertz CT molecular complexity index is 837. The number of hydrogen-bond acceptors (Lipinski definition) is 5. The molecule has 5 nitrogen and oxygen atoms in total. The zero-order valence-electron chi connectivity index (χ0n) is 14.0. The average molecular weight is 376 g/mol. The van der Waals surface area contributed by atoms with Gasteiger partial charge in [0.2, 0.25) is 0 Å². The number of nitrogens with zero attached hydrogens (tertiary/aromatic N) is 3. The summed E-state index contributed by atoms with van der Waals surface area (Å²) in [5.41, 5.74) is 1.99. The van der Waals surface area contributed by atoms with E-state index in [1.165, 1.54) is 0 Å². The minimum absolute atomic E-state index is 0.568. The monoisotopic (exact) mass is 375 g/mol. The average Bonchev–Trinajstić information content (AvgIpc) is 3.10. The maximum Gasteiger partial charge on any atom is 0.195 e. The second-order valence-corrected chi connectivity index (χ2v) is 6.76. The molecule has 0 fully saturated rings. The molecule has 7 heteroatoms. The van der Waals surface area contributed by atoms with Gasteiger partial charge in [0.15, 0.2) is 5.16 Å². The van der Waals surface area contributed by atoms with Gasteiger partial charge in [-0.15, -0.1) is 10.2 Å². The maximum absolute atomic E-state index is 6.21. The van der Waals surface area contributed by atoms with Crippen LogP contribution in [0.15, 0.2) is 53.9 Å². The van der Waals surface area contributed by atoms with Crippen LogP contribution in [0.4, 0.5) is 0 Å². The van der Waals surface area contributed by atoms with Crippen molar-refractivity contribution in [3.8, 4) is 17.2 Å². The molecular formula is C18H18ClN3O2S. The zero-order valence-corrected chi connectivity index (χ0v) is 15.5. The third-order valence-electron chi connectivity index (χ3n) is 3.59. The molecule has 1 aromatic heterocycles. The summed E-state index contributed by atoms with van der Waals surface area (Å²) in [5, 5.41) is 9.70. The van der Waals surface area contributed by atoms with Crippen molar-refractivity contribution in [3.05, 3.63) is 59.4 Å². The van der Waals surface area contributed by atoms with Crippen LogP contribution in [0, 0.1) is 6.92 Å². The van der Waals surface area contributed by atoms with E-state index < -0.39 is 0 Å². The fourth-order valence-corrected chi connectivity index (χ4v) is 3.12. The molecule has 0 unspecified atom stereocenters. The first-order chi connectivity index (χ1) is 12.2. The van der Waals surface area contributed by atoms with E-state index >= 15 is 0 Å². The predicted molar refractivity (Wildman–Crippen MR) is 100 cm³/mol. The number of aryl methyl sites for hydroxylation is 1. The molecule has 0 atom stereocenters. The normalized spacial score (nSPS) is 10.7. The van der Waals surface area contributed by atoms with Crippen LogP contribution in [0.2, 0.25) is 5.02 Å². The van der Waals surface area contributed by atoms with E-state index in [0.717, 1.165) is 38.7 Å². The van der Waals surface area contributed by atoms with Crippen molar-refractivity contribution in [2.45, 2.75) is 12.1 Å². The Balaban J connectivity index is 1.57. The molecule has 0 saturated carbocycles. The van der Waals surface area contributed by atoms with Crippen LogP contribution in [-0.2, 0) is 0 Å². The summed E-state index contributed by atoms with van der Waals surface area (Å²) in [6, 6.07) is 13.4. The van der Waals surface area contributed by atoms with E-state index in [9.17, 15) is 0 Å². The largest absolute Gasteiger partial charge is 0.497 e. The van der Waals surface area contributed by atoms with Crippen LogP contribution in [-0.4, -0.2) is 34.2 Å². The lowest BCUT2D eigenvalue weighted by atomic mass is 10.2. The number of halogens is 1. The van der Waals surface area contributed by atoms with Crippen molar-refractivity contribution in [1.29, 1.82) is 0 Å². The van der Waals surface area contributed by atoms with E-state index in [1.807, 2.05) is 54.0 Å². The fourth-order valence-electron chi connectivity index (χ4n) is 2.20. The number of methoxy groups -OCH3 is 1. The van der Waals surface area contributed by atoms with E-state index in [4.69, 9.17) is 21.1 Å². The second kappa shape index (κ2) is 8.27. The fraction of sp³-hybridized carbons (Fsp3) is 0.222. The molecule has 0 spiro atoms. The predicted octanol–water partition coefficient (Wildman–Crippen LogP) is 4.41. The Morgan fingerprint density at radius 1 is 1.12 bits per heavy atom. The number of benzene rings is 2. The highest BCUT2D eigenvalue weighted by Gasteiger charge is 2.08. The molecule has 0 radical (unpaired) electrons. The Kier molecular flexibility index (Phi) is 5.83. The zero-order chi connectivity index (χ0) is 17.6. The second-order valence-electron chi connectivity index (χ2n) is 5.29. The van der Waals surface area contributed by atoms with Gasteiger partial charge in [-0.25, -0.2) is 0 Å². The summed E-state index contributed by atoms with van der Waals surface area (Å²) < 4.78 is 12.8. The molecule has 3 aromatic rings. The molecule has 25 heavy (non-hydrogen) atoms. The molecule has 130 valence electrons. The van der Waals surface area contributed by atoms with Crippen molar-refractivity contribution in [1.82, 2.24) is 14.8 Å². The van der Waals surface area contributed by atoms with Crippen molar-refractivity contribution in [2.24, 2.45) is 0 Å². The summed E-state index contributed by atoms with van der Waals surface area (Å²) >= 11 is 7.79. The first kappa shape index (κ1) is 17.6. The van der Waals surface area contributed by atoms with Gasteiger partial charge < -0.3 is 9.47 Å². The van der Waals surface area contributed by atoms with Crippen LogP contribution in [0.3, 0.4) is 0 Å². The van der Waals surface area contributed by atoms with Gasteiger partial charge in [-0.05, 0) is 48.9 Å². The highest BCUT2D eigenvalue weighted by molar-refractivity contribution is 7.99. The standard InChI is InChI=1S/C18H18ClN3O2S/c1-13-3-4-14(11-17(13)19)22-12-20-21-18(22)25-10-9-24-16-7-5-15(23-2)6-8-16/h3-8,11-12H,9-10H2,1-2H3. The molecule has 0 bridgehead atoms. The quantitative estimate of drug-likeness (QED) is 0.452. The molecule has 0 aliphatic heterocycles. The summed E-state index contributed by atoms with van der Waals surface area (Å²) in [6.07, 6.45) is 1.69. The van der Waals surface area contributed by atoms with E-state index in [0.29, 0.717) is 6.61 Å². The van der Waals surface area contributed by atoms with Crippen molar-refractivity contribution >= 4 is 23.4 Å². The Morgan fingerprint density at radius 3 is 2.60 bits per heavy atom. The lowest BCUT2D eigenvalue weighted by Gasteiger charge is -2.09. The third-order valence-corrected chi connectivity index (χ3v) is 4.91. The van der Waals surface area contributed by atoms with Crippen LogP contribution < -0.4 is 9.47 Å². The molecule has 3 rings (SSSR count). The van der Waals surface area contributed by atoms with Crippen molar-refractivity contribution in [3.63, 3.8) is 0 Å². The highest BCUT2D eigenvalue weighted by Crippen LogP contribution is 2.24. The number of rotatable bonds is 7. The van der Waals surface area contributed by atoms with Crippen molar-refractivity contribution in [2.75, 3.05) is 19.5 Å². The van der Waals surface area contributed by atoms with E-state index in [1.54, 1.807) is 25.2 Å². The Labute approximate surface area is 155 Å². The smallest absolute Gasteiger partial charge is 0.195 e. The first-order valence-corrected chi connectivity index (χ1v) is 9.10. The van der Waals surface area contributed by atoms with E-state index in [2.05, 4.69) is 10.2 Å². The van der Waals surface area contributed by atoms with Crippen LogP contribution in [0.1, 0.15) is 5.56 Å². The Hall–Kier alpha value is -2.18. The first-order valence-electron chi connectivity index (χ1n) is 7.73. The number of ether oxygens (including phenoxy) is 2. The van der Waals surface area contributed by atoms with Crippen molar-refractivity contribution < 1.29 is 9.47 Å². The number of hydrogen-bond donors (Lipinski definition) is 0. The van der Waals surface area contributed by atoms with Crippen LogP contribution in [0.25, 0.3) is 5.69 Å². The molecule has 0 N–H and O–H groups in total. The van der Waals surface area contributed by atoms with Gasteiger partial charge in [0.25, 0.3) is 0 Å². The van der Waals surface area contributed by atoms with Gasteiger partial charge in [0, 0.05) is 10.8 Å². The van der Waals surface area contributed by atoms with Gasteiger partial charge in [0.05, 0.1) is 19.4 Å². The summed E-state index contributed by atoms with van der Waals surface area (Å²) in [4.78, 5) is 0. The van der Waals surface area contributed by atoms with Gasteiger partial charge >= 0.3 is 0 Å². The molecule has 2 aromatic carbocycles. The molecule has 0 saturated heterocycles. The lowest BCUT2D eigenvalue weighted by Crippen LogP contribution is -2.02. The van der Waals surface area contributed by atoms with Crippen LogP contribution >= 0.6 is 23.4 Å². The summed E-state index contributed by atoms with van der Waals surface area (Å²) in [7, 11) is 1.64. The molecular weight excluding hydrogens is 358 g/mol. The van der Waals surface area contributed by atoms with E-state index in [-0.39, 0.29) is 0 Å². The van der Waals surface area contributed by atoms with Gasteiger partial charge in [-0.2, -0.15) is 0 Å². The minimum Gasteiger partial charge on any atom is -0.497 e. The topological polar surface area (TPSA) is 49.2 Å². The SMILES string of the molecule is COc1ccc(OCCSc2nncn2-c2ccc(C)c(Cl)c2)cc1. The summed E-state index contributed by atoms with van der Waals surface area (Å²) in [5.74, 6) is 2.38. The molecule has 1 heterocycles. The molecule has 0 aliphatic carbocycles. The Morgan fingerprint density at radius 2 is 1.88 bits per heavy atom. The number of aromatic nitrogens is 3. The van der Waals surface area contributed by atoms with Gasteiger partial charge in [0.1, 0.15) is 17.8 Å².